The van der Waals surface area contributed by atoms with Crippen molar-refractivity contribution in [1.29, 1.82) is 0 Å². The zero-order valence-electron chi connectivity index (χ0n) is 11.6. The number of aromatic nitrogens is 2. The van der Waals surface area contributed by atoms with Crippen molar-refractivity contribution in [1.82, 2.24) is 15.0 Å². The first kappa shape index (κ1) is 13.8. The fourth-order valence-electron chi connectivity index (χ4n) is 2.45. The molecule has 3 N–H and O–H groups in total. The molecule has 1 heterocycles. The fourth-order valence-corrected chi connectivity index (χ4v) is 2.45. The summed E-state index contributed by atoms with van der Waals surface area (Å²) in [4.78, 5) is 4.48. The monoisotopic (exact) mass is 258 g/mol. The molecule has 102 valence electrons. The highest BCUT2D eigenvalue weighted by Crippen LogP contribution is 2.24. The van der Waals surface area contributed by atoms with E-state index in [1.54, 1.807) is 0 Å². The van der Waals surface area contributed by atoms with Crippen molar-refractivity contribution < 1.29 is 0 Å². The maximum atomic E-state index is 5.78. The Bertz CT molecular complexity index is 518. The molecular formula is C15H22N4. The van der Waals surface area contributed by atoms with Gasteiger partial charge in [0.15, 0.2) is 0 Å². The van der Waals surface area contributed by atoms with Gasteiger partial charge >= 0.3 is 0 Å². The van der Waals surface area contributed by atoms with Crippen LogP contribution in [0.1, 0.15) is 43.3 Å². The van der Waals surface area contributed by atoms with Gasteiger partial charge in [-0.1, -0.05) is 38.1 Å². The number of imidazole rings is 1. The minimum atomic E-state index is -0.0577. The normalized spacial score (nSPS) is 12.6. The third-order valence-electron chi connectivity index (χ3n) is 3.38. The van der Waals surface area contributed by atoms with Gasteiger partial charge in [-0.05, 0) is 24.0 Å². The third kappa shape index (κ3) is 2.85. The zero-order valence-corrected chi connectivity index (χ0v) is 11.6. The van der Waals surface area contributed by atoms with Crippen LogP contribution in [0.25, 0.3) is 0 Å². The quantitative estimate of drug-likeness (QED) is 0.618. The number of hydrogen-bond acceptors (Lipinski definition) is 3. The Kier molecular flexibility index (Phi) is 4.71. The van der Waals surface area contributed by atoms with E-state index in [2.05, 4.69) is 47.0 Å². The molecule has 2 aromatic rings. The lowest BCUT2D eigenvalue weighted by atomic mass is 9.98. The van der Waals surface area contributed by atoms with Crippen molar-refractivity contribution in [3.05, 3.63) is 53.6 Å². The van der Waals surface area contributed by atoms with E-state index >= 15 is 0 Å². The number of nitrogens with zero attached hydrogens (tertiary/aromatic N) is 2. The summed E-state index contributed by atoms with van der Waals surface area (Å²) in [7, 11) is 0. The van der Waals surface area contributed by atoms with Crippen LogP contribution in [0.2, 0.25) is 0 Å². The molecule has 19 heavy (non-hydrogen) atoms. The lowest BCUT2D eigenvalue weighted by molar-refractivity contribution is 0.542. The summed E-state index contributed by atoms with van der Waals surface area (Å²) in [5.41, 5.74) is 5.42. The number of benzene rings is 1. The smallest absolute Gasteiger partial charge is 0.131 e. The summed E-state index contributed by atoms with van der Waals surface area (Å²) in [6, 6.07) is 8.32. The minimum absolute atomic E-state index is 0.0577. The number of hydrazine groups is 1. The molecule has 0 spiro atoms. The van der Waals surface area contributed by atoms with Crippen molar-refractivity contribution in [3.63, 3.8) is 0 Å². The Morgan fingerprint density at radius 2 is 2.11 bits per heavy atom. The van der Waals surface area contributed by atoms with E-state index in [9.17, 15) is 0 Å². The lowest BCUT2D eigenvalue weighted by Crippen LogP contribution is -2.31. The lowest BCUT2D eigenvalue weighted by Gasteiger charge is -2.20. The van der Waals surface area contributed by atoms with E-state index in [4.69, 9.17) is 5.84 Å². The molecule has 1 aromatic carbocycles. The molecule has 1 atom stereocenters. The Labute approximate surface area is 114 Å². The molecule has 2 rings (SSSR count). The van der Waals surface area contributed by atoms with Gasteiger partial charge in [0.1, 0.15) is 11.9 Å². The molecule has 1 aromatic heterocycles. The minimum Gasteiger partial charge on any atom is -0.333 e. The van der Waals surface area contributed by atoms with Crippen LogP contribution < -0.4 is 11.3 Å². The van der Waals surface area contributed by atoms with Crippen molar-refractivity contribution in [2.24, 2.45) is 5.84 Å². The third-order valence-corrected chi connectivity index (χ3v) is 3.38. The van der Waals surface area contributed by atoms with Gasteiger partial charge in [0.2, 0.25) is 0 Å². The van der Waals surface area contributed by atoms with Gasteiger partial charge in [-0.2, -0.15) is 0 Å². The standard InChI is InChI=1S/C15H22N4/c1-3-10-19-11-9-17-15(19)14(18-16)13-8-6-5-7-12(13)4-2/h5-9,11,14,18H,3-4,10,16H2,1-2H3. The largest absolute Gasteiger partial charge is 0.333 e. The molecule has 0 aliphatic heterocycles. The van der Waals surface area contributed by atoms with Crippen LogP contribution in [0.4, 0.5) is 0 Å². The average molecular weight is 258 g/mol. The van der Waals surface area contributed by atoms with E-state index in [1.807, 2.05) is 18.5 Å². The molecule has 0 amide bonds. The molecule has 0 aliphatic rings. The molecular weight excluding hydrogens is 236 g/mol. The van der Waals surface area contributed by atoms with Gasteiger partial charge in [0.25, 0.3) is 0 Å². The summed E-state index contributed by atoms with van der Waals surface area (Å²) in [6.45, 7) is 5.28. The predicted molar refractivity (Wildman–Crippen MR) is 77.5 cm³/mol. The van der Waals surface area contributed by atoms with E-state index < -0.39 is 0 Å². The second-order valence-electron chi connectivity index (χ2n) is 4.63. The summed E-state index contributed by atoms with van der Waals surface area (Å²) in [5.74, 6) is 6.76. The number of rotatable bonds is 6. The number of hydrogen-bond donors (Lipinski definition) is 2. The first-order valence-electron chi connectivity index (χ1n) is 6.86. The number of nitrogens with one attached hydrogen (secondary N) is 1. The van der Waals surface area contributed by atoms with Gasteiger partial charge in [-0.3, -0.25) is 5.84 Å². The van der Waals surface area contributed by atoms with Gasteiger partial charge in [0, 0.05) is 18.9 Å². The molecule has 0 saturated carbocycles. The van der Waals surface area contributed by atoms with Crippen molar-refractivity contribution in [2.75, 3.05) is 0 Å². The molecule has 1 unspecified atom stereocenters. The van der Waals surface area contributed by atoms with Crippen LogP contribution in [-0.2, 0) is 13.0 Å². The summed E-state index contributed by atoms with van der Waals surface area (Å²) in [5, 5.41) is 0. The topological polar surface area (TPSA) is 55.9 Å². The van der Waals surface area contributed by atoms with Gasteiger partial charge in [0.05, 0.1) is 0 Å². The molecule has 0 bridgehead atoms. The Hall–Kier alpha value is -1.65. The fraction of sp³-hybridized carbons (Fsp3) is 0.400. The Morgan fingerprint density at radius 1 is 1.32 bits per heavy atom. The van der Waals surface area contributed by atoms with E-state index in [0.717, 1.165) is 25.2 Å². The Morgan fingerprint density at radius 3 is 2.79 bits per heavy atom. The average Bonchev–Trinajstić information content (AvgIpc) is 2.89. The maximum Gasteiger partial charge on any atom is 0.131 e. The second kappa shape index (κ2) is 6.50. The zero-order chi connectivity index (χ0) is 13.7. The summed E-state index contributed by atoms with van der Waals surface area (Å²) < 4.78 is 2.16. The van der Waals surface area contributed by atoms with Crippen LogP contribution in [0.5, 0.6) is 0 Å². The van der Waals surface area contributed by atoms with E-state index in [0.29, 0.717) is 0 Å². The highest BCUT2D eigenvalue weighted by Gasteiger charge is 2.19. The highest BCUT2D eigenvalue weighted by molar-refractivity contribution is 5.33. The van der Waals surface area contributed by atoms with Crippen LogP contribution in [0.3, 0.4) is 0 Å². The van der Waals surface area contributed by atoms with E-state index in [1.165, 1.54) is 11.1 Å². The van der Waals surface area contributed by atoms with Gasteiger partial charge in [-0.15, -0.1) is 0 Å². The second-order valence-corrected chi connectivity index (χ2v) is 4.63. The number of nitrogens with two attached hydrogens (primary N) is 1. The molecule has 0 fully saturated rings. The molecule has 4 nitrogen and oxygen atoms in total. The SMILES string of the molecule is CCCn1ccnc1C(NN)c1ccccc1CC. The first-order chi connectivity index (χ1) is 9.31. The summed E-state index contributed by atoms with van der Waals surface area (Å²) >= 11 is 0. The Balaban J connectivity index is 2.41. The highest BCUT2D eigenvalue weighted by atomic mass is 15.3. The first-order valence-corrected chi connectivity index (χ1v) is 6.86. The summed E-state index contributed by atoms with van der Waals surface area (Å²) in [6.07, 6.45) is 5.92. The predicted octanol–water partition coefficient (Wildman–Crippen LogP) is 2.41. The molecule has 0 radical (unpaired) electrons. The van der Waals surface area contributed by atoms with Crippen LogP contribution in [-0.4, -0.2) is 9.55 Å². The maximum absolute atomic E-state index is 5.78. The van der Waals surface area contributed by atoms with Crippen molar-refractivity contribution in [3.8, 4) is 0 Å². The van der Waals surface area contributed by atoms with Gasteiger partial charge in [-0.25, -0.2) is 10.4 Å². The van der Waals surface area contributed by atoms with Crippen LogP contribution >= 0.6 is 0 Å². The molecule has 0 saturated heterocycles. The molecule has 0 aliphatic carbocycles. The molecule has 4 heteroatoms. The van der Waals surface area contributed by atoms with Gasteiger partial charge < -0.3 is 4.57 Å². The van der Waals surface area contributed by atoms with Crippen molar-refractivity contribution in [2.45, 2.75) is 39.3 Å². The van der Waals surface area contributed by atoms with Crippen molar-refractivity contribution >= 4 is 0 Å². The van der Waals surface area contributed by atoms with Crippen LogP contribution in [0, 0.1) is 0 Å². The van der Waals surface area contributed by atoms with Crippen LogP contribution in [0.15, 0.2) is 36.7 Å². The van der Waals surface area contributed by atoms with E-state index in [-0.39, 0.29) is 6.04 Å². The number of aryl methyl sites for hydroxylation is 2.